The lowest BCUT2D eigenvalue weighted by atomic mass is 9.73. The summed E-state index contributed by atoms with van der Waals surface area (Å²) < 4.78 is 13.8. The second kappa shape index (κ2) is 5.73. The molecule has 0 bridgehead atoms. The number of nitrogens with one attached hydrogen (secondary N) is 2. The van der Waals surface area contributed by atoms with Crippen LogP contribution in [-0.2, 0) is 4.79 Å². The molecule has 0 amide bonds. The molecule has 0 spiro atoms. The quantitative estimate of drug-likeness (QED) is 0.766. The minimum absolute atomic E-state index is 0.0886. The number of para-hydroxylation sites is 2. The summed E-state index contributed by atoms with van der Waals surface area (Å²) in [6.07, 6.45) is 1.28. The van der Waals surface area contributed by atoms with Crippen LogP contribution in [0.15, 0.2) is 59.8 Å². The number of Topliss-reactive ketones (excluding diaryl/α,β-unsaturated/α-hetero) is 1. The van der Waals surface area contributed by atoms with Gasteiger partial charge in [-0.25, -0.2) is 4.39 Å². The summed E-state index contributed by atoms with van der Waals surface area (Å²) in [5.41, 5.74) is 4.19. The van der Waals surface area contributed by atoms with E-state index >= 15 is 0 Å². The normalized spacial score (nSPS) is 21.6. The average Bonchev–Trinajstić information content (AvgIpc) is 2.70. The van der Waals surface area contributed by atoms with Crippen LogP contribution in [0.25, 0.3) is 0 Å². The molecule has 1 aliphatic carbocycles. The Morgan fingerprint density at radius 3 is 2.56 bits per heavy atom. The Labute approximate surface area is 146 Å². The molecule has 2 aliphatic rings. The zero-order chi connectivity index (χ0) is 17.6. The van der Waals surface area contributed by atoms with E-state index in [0.29, 0.717) is 6.42 Å². The van der Waals surface area contributed by atoms with Gasteiger partial charge < -0.3 is 10.6 Å². The predicted octanol–water partition coefficient (Wildman–Crippen LogP) is 5.05. The molecule has 4 rings (SSSR count). The summed E-state index contributed by atoms with van der Waals surface area (Å²) in [5.74, 6) is -0.177. The van der Waals surface area contributed by atoms with Crippen LogP contribution >= 0.6 is 0 Å². The molecule has 128 valence electrons. The SMILES string of the molecule is CC1(C)CC(=O)C2=C(C1)Nc1ccccc1N[C@@H]2c1cccc(F)c1. The molecule has 0 fully saturated rings. The van der Waals surface area contributed by atoms with Gasteiger partial charge in [0.1, 0.15) is 5.82 Å². The Bertz CT molecular complexity index is 885. The lowest BCUT2D eigenvalue weighted by Crippen LogP contribution is -2.31. The average molecular weight is 336 g/mol. The van der Waals surface area contributed by atoms with Gasteiger partial charge in [-0.3, -0.25) is 4.79 Å². The van der Waals surface area contributed by atoms with Crippen LogP contribution in [0.5, 0.6) is 0 Å². The summed E-state index contributed by atoms with van der Waals surface area (Å²) in [4.78, 5) is 13.0. The van der Waals surface area contributed by atoms with E-state index in [4.69, 9.17) is 0 Å². The Morgan fingerprint density at radius 1 is 1.04 bits per heavy atom. The van der Waals surface area contributed by atoms with Gasteiger partial charge >= 0.3 is 0 Å². The van der Waals surface area contributed by atoms with Crippen molar-refractivity contribution >= 4 is 17.2 Å². The van der Waals surface area contributed by atoms with Gasteiger partial charge in [-0.2, -0.15) is 0 Å². The molecule has 0 unspecified atom stereocenters. The first-order chi connectivity index (χ1) is 11.9. The number of allylic oxidation sites excluding steroid dienone is 1. The Balaban J connectivity index is 1.90. The molecule has 2 aromatic rings. The van der Waals surface area contributed by atoms with Crippen molar-refractivity contribution < 1.29 is 9.18 Å². The van der Waals surface area contributed by atoms with Crippen molar-refractivity contribution in [2.75, 3.05) is 10.6 Å². The first kappa shape index (κ1) is 15.9. The zero-order valence-electron chi connectivity index (χ0n) is 14.4. The molecule has 4 heteroatoms. The maximum Gasteiger partial charge on any atom is 0.163 e. The van der Waals surface area contributed by atoms with Crippen LogP contribution in [0.3, 0.4) is 0 Å². The monoisotopic (exact) mass is 336 g/mol. The van der Waals surface area contributed by atoms with Gasteiger partial charge in [-0.1, -0.05) is 38.1 Å². The molecule has 2 N–H and O–H groups in total. The number of hydrogen-bond donors (Lipinski definition) is 2. The summed E-state index contributed by atoms with van der Waals surface area (Å²) in [7, 11) is 0. The van der Waals surface area contributed by atoms with E-state index in [9.17, 15) is 9.18 Å². The third kappa shape index (κ3) is 2.93. The van der Waals surface area contributed by atoms with E-state index in [1.165, 1.54) is 12.1 Å². The maximum absolute atomic E-state index is 13.8. The smallest absolute Gasteiger partial charge is 0.163 e. The number of benzene rings is 2. The third-order valence-corrected chi connectivity index (χ3v) is 4.90. The van der Waals surface area contributed by atoms with Crippen LogP contribution in [0.1, 0.15) is 38.3 Å². The van der Waals surface area contributed by atoms with Crippen LogP contribution in [0.2, 0.25) is 0 Å². The molecule has 1 heterocycles. The molecule has 2 aromatic carbocycles. The van der Waals surface area contributed by atoms with E-state index < -0.39 is 0 Å². The summed E-state index contributed by atoms with van der Waals surface area (Å²) in [6.45, 7) is 4.22. The number of anilines is 2. The lowest BCUT2D eigenvalue weighted by Gasteiger charge is -2.34. The number of hydrogen-bond acceptors (Lipinski definition) is 3. The zero-order valence-corrected chi connectivity index (χ0v) is 14.4. The van der Waals surface area contributed by atoms with Gasteiger partial charge in [0.25, 0.3) is 0 Å². The van der Waals surface area contributed by atoms with Crippen molar-refractivity contribution in [1.29, 1.82) is 0 Å². The van der Waals surface area contributed by atoms with E-state index in [2.05, 4.69) is 24.5 Å². The summed E-state index contributed by atoms with van der Waals surface area (Å²) in [6, 6.07) is 14.0. The van der Waals surface area contributed by atoms with Gasteiger partial charge in [-0.05, 0) is 41.7 Å². The first-order valence-electron chi connectivity index (χ1n) is 8.57. The van der Waals surface area contributed by atoms with Crippen molar-refractivity contribution in [3.05, 3.63) is 71.2 Å². The number of ketones is 1. The highest BCUT2D eigenvalue weighted by Crippen LogP contribution is 2.45. The maximum atomic E-state index is 13.8. The minimum Gasteiger partial charge on any atom is -0.372 e. The van der Waals surface area contributed by atoms with E-state index in [0.717, 1.165) is 34.6 Å². The van der Waals surface area contributed by atoms with Crippen molar-refractivity contribution in [2.45, 2.75) is 32.7 Å². The molecule has 25 heavy (non-hydrogen) atoms. The van der Waals surface area contributed by atoms with Gasteiger partial charge in [0.15, 0.2) is 5.78 Å². The fourth-order valence-electron chi connectivity index (χ4n) is 3.83. The highest BCUT2D eigenvalue weighted by Gasteiger charge is 2.38. The molecule has 1 atom stereocenters. The Morgan fingerprint density at radius 2 is 1.80 bits per heavy atom. The van der Waals surface area contributed by atoms with E-state index in [1.807, 2.05) is 30.3 Å². The molecule has 1 aliphatic heterocycles. The number of rotatable bonds is 1. The first-order valence-corrected chi connectivity index (χ1v) is 8.57. The fraction of sp³-hybridized carbons (Fsp3) is 0.286. The van der Waals surface area contributed by atoms with E-state index in [1.54, 1.807) is 6.07 Å². The number of fused-ring (bicyclic) bond motifs is 1. The second-order valence-corrected chi connectivity index (χ2v) is 7.64. The molecule has 0 saturated heterocycles. The van der Waals surface area contributed by atoms with Crippen LogP contribution in [0.4, 0.5) is 15.8 Å². The highest BCUT2D eigenvalue weighted by atomic mass is 19.1. The summed E-state index contributed by atoms with van der Waals surface area (Å²) >= 11 is 0. The largest absolute Gasteiger partial charge is 0.372 e. The topological polar surface area (TPSA) is 41.1 Å². The van der Waals surface area contributed by atoms with Crippen molar-refractivity contribution in [3.8, 4) is 0 Å². The number of carbonyl (C=O) groups excluding carboxylic acids is 1. The molecule has 3 nitrogen and oxygen atoms in total. The van der Waals surface area contributed by atoms with Crippen LogP contribution in [0, 0.1) is 11.2 Å². The van der Waals surface area contributed by atoms with Crippen LogP contribution < -0.4 is 10.6 Å². The van der Waals surface area contributed by atoms with Gasteiger partial charge in [0, 0.05) is 17.7 Å². The Kier molecular flexibility index (Phi) is 3.64. The molecular formula is C21H21FN2O. The summed E-state index contributed by atoms with van der Waals surface area (Å²) in [5, 5.41) is 6.92. The fourth-order valence-corrected chi connectivity index (χ4v) is 3.83. The van der Waals surface area contributed by atoms with Gasteiger partial charge in [0.2, 0.25) is 0 Å². The predicted molar refractivity (Wildman–Crippen MR) is 97.9 cm³/mol. The Hall–Kier alpha value is -2.62. The molecule has 0 radical (unpaired) electrons. The lowest BCUT2D eigenvalue weighted by molar-refractivity contribution is -0.118. The number of halogens is 1. The molecule has 0 saturated carbocycles. The second-order valence-electron chi connectivity index (χ2n) is 7.64. The highest BCUT2D eigenvalue weighted by molar-refractivity contribution is 6.01. The van der Waals surface area contributed by atoms with Crippen molar-refractivity contribution in [1.82, 2.24) is 0 Å². The van der Waals surface area contributed by atoms with Crippen LogP contribution in [-0.4, -0.2) is 5.78 Å². The minimum atomic E-state index is -0.356. The van der Waals surface area contributed by atoms with Gasteiger partial charge in [-0.15, -0.1) is 0 Å². The molecular weight excluding hydrogens is 315 g/mol. The standard InChI is InChI=1S/C21H21FN2O/c1-21(2)11-17-19(18(25)12-21)20(13-6-5-7-14(22)10-13)24-16-9-4-3-8-15(16)23-17/h3-10,20,23-24H,11-12H2,1-2H3/t20-/m1/s1. The van der Waals surface area contributed by atoms with E-state index in [-0.39, 0.29) is 23.1 Å². The van der Waals surface area contributed by atoms with Crippen molar-refractivity contribution in [2.24, 2.45) is 5.41 Å². The van der Waals surface area contributed by atoms with Gasteiger partial charge in [0.05, 0.1) is 17.4 Å². The van der Waals surface area contributed by atoms with Crippen molar-refractivity contribution in [3.63, 3.8) is 0 Å². The third-order valence-electron chi connectivity index (χ3n) is 4.90. The number of carbonyl (C=O) groups is 1. The molecule has 0 aromatic heterocycles.